The van der Waals surface area contributed by atoms with Crippen molar-refractivity contribution in [1.29, 1.82) is 0 Å². The topological polar surface area (TPSA) is 20.2 Å². The van der Waals surface area contributed by atoms with Crippen molar-refractivity contribution < 1.29 is 5.11 Å². The molecule has 1 aromatic rings. The molecule has 1 N–H and O–H groups in total. The first-order valence-corrected chi connectivity index (χ1v) is 7.09. The van der Waals surface area contributed by atoms with Crippen molar-refractivity contribution in [2.75, 3.05) is 0 Å². The summed E-state index contributed by atoms with van der Waals surface area (Å²) in [6.45, 7) is 4.41. The summed E-state index contributed by atoms with van der Waals surface area (Å²) >= 11 is 8.21. The van der Waals surface area contributed by atoms with Gasteiger partial charge in [0.05, 0.1) is 11.1 Å². The molecule has 3 heteroatoms. The van der Waals surface area contributed by atoms with Gasteiger partial charge in [0.2, 0.25) is 0 Å². The first-order chi connectivity index (χ1) is 7.50. The molecule has 16 heavy (non-hydrogen) atoms. The van der Waals surface area contributed by atoms with Crippen LogP contribution in [0.15, 0.2) is 18.2 Å². The predicted octanol–water partition coefficient (Wildman–Crippen LogP) is 4.80. The highest BCUT2D eigenvalue weighted by molar-refractivity contribution is 14.1. The maximum absolute atomic E-state index is 9.99. The van der Waals surface area contributed by atoms with Crippen LogP contribution in [0.3, 0.4) is 0 Å². The number of halogens is 2. The van der Waals surface area contributed by atoms with Crippen LogP contribution in [0, 0.1) is 9.49 Å². The highest BCUT2D eigenvalue weighted by Crippen LogP contribution is 2.26. The summed E-state index contributed by atoms with van der Waals surface area (Å²) in [5.74, 6) is 0.701. The SMILES string of the molecule is CC(C)CCCC(O)c1ccc(I)c(Cl)c1. The Labute approximate surface area is 116 Å². The number of aliphatic hydroxyl groups excluding tert-OH is 1. The van der Waals surface area contributed by atoms with Gasteiger partial charge in [-0.3, -0.25) is 0 Å². The Morgan fingerprint density at radius 3 is 2.56 bits per heavy atom. The van der Waals surface area contributed by atoms with Gasteiger partial charge in [-0.05, 0) is 52.6 Å². The van der Waals surface area contributed by atoms with Crippen LogP contribution in [-0.4, -0.2) is 5.11 Å². The van der Waals surface area contributed by atoms with E-state index in [1.165, 1.54) is 0 Å². The molecule has 0 spiro atoms. The van der Waals surface area contributed by atoms with Gasteiger partial charge in [0.25, 0.3) is 0 Å². The predicted molar refractivity (Wildman–Crippen MR) is 77.8 cm³/mol. The summed E-state index contributed by atoms with van der Waals surface area (Å²) in [6.07, 6.45) is 2.65. The molecule has 1 unspecified atom stereocenters. The molecule has 0 aromatic heterocycles. The van der Waals surface area contributed by atoms with E-state index in [1.807, 2.05) is 18.2 Å². The number of benzene rings is 1. The Kier molecular flexibility index (Phi) is 6.08. The van der Waals surface area contributed by atoms with Crippen LogP contribution in [0.25, 0.3) is 0 Å². The van der Waals surface area contributed by atoms with Gasteiger partial charge in [-0.25, -0.2) is 0 Å². The normalized spacial score (nSPS) is 13.1. The van der Waals surface area contributed by atoms with Gasteiger partial charge >= 0.3 is 0 Å². The Hall–Kier alpha value is 0.200. The molecule has 0 heterocycles. The van der Waals surface area contributed by atoms with Crippen LogP contribution in [0.1, 0.15) is 44.8 Å². The molecule has 1 aromatic carbocycles. The standard InChI is InChI=1S/C13H18ClIO/c1-9(2)4-3-5-13(16)10-6-7-12(15)11(14)8-10/h6-9,13,16H,3-5H2,1-2H3. The van der Waals surface area contributed by atoms with E-state index in [0.29, 0.717) is 5.92 Å². The smallest absolute Gasteiger partial charge is 0.0790 e. The fourth-order valence-electron chi connectivity index (χ4n) is 1.61. The van der Waals surface area contributed by atoms with Crippen molar-refractivity contribution in [1.82, 2.24) is 0 Å². The van der Waals surface area contributed by atoms with Gasteiger partial charge in [-0.1, -0.05) is 44.4 Å². The molecule has 90 valence electrons. The van der Waals surface area contributed by atoms with Crippen LogP contribution >= 0.6 is 34.2 Å². The van der Waals surface area contributed by atoms with Crippen LogP contribution in [-0.2, 0) is 0 Å². The zero-order chi connectivity index (χ0) is 12.1. The van der Waals surface area contributed by atoms with E-state index in [-0.39, 0.29) is 6.10 Å². The molecular formula is C13H18ClIO. The molecule has 0 aliphatic heterocycles. The van der Waals surface area contributed by atoms with E-state index in [2.05, 4.69) is 36.4 Å². The summed E-state index contributed by atoms with van der Waals surface area (Å²) in [7, 11) is 0. The minimum absolute atomic E-state index is 0.381. The van der Waals surface area contributed by atoms with Crippen LogP contribution in [0.5, 0.6) is 0 Å². The highest BCUT2D eigenvalue weighted by atomic mass is 127. The summed E-state index contributed by atoms with van der Waals surface area (Å²) < 4.78 is 1.03. The second-order valence-corrected chi connectivity index (χ2v) is 6.08. The molecule has 0 bridgehead atoms. The lowest BCUT2D eigenvalue weighted by atomic mass is 10.0. The van der Waals surface area contributed by atoms with E-state index in [0.717, 1.165) is 33.4 Å². The third-order valence-electron chi connectivity index (χ3n) is 2.59. The molecule has 0 saturated heterocycles. The molecule has 0 fully saturated rings. The third kappa shape index (κ3) is 4.60. The van der Waals surface area contributed by atoms with Crippen molar-refractivity contribution >= 4 is 34.2 Å². The lowest BCUT2D eigenvalue weighted by molar-refractivity contribution is 0.162. The fraction of sp³-hybridized carbons (Fsp3) is 0.538. The fourth-order valence-corrected chi connectivity index (χ4v) is 2.13. The maximum Gasteiger partial charge on any atom is 0.0790 e. The zero-order valence-electron chi connectivity index (χ0n) is 9.71. The van der Waals surface area contributed by atoms with Crippen LogP contribution in [0.2, 0.25) is 5.02 Å². The van der Waals surface area contributed by atoms with Crippen molar-refractivity contribution in [2.24, 2.45) is 5.92 Å². The molecule has 1 rings (SSSR count). The largest absolute Gasteiger partial charge is 0.388 e. The third-order valence-corrected chi connectivity index (χ3v) is 4.16. The minimum Gasteiger partial charge on any atom is -0.388 e. The number of aliphatic hydroxyl groups is 1. The van der Waals surface area contributed by atoms with Crippen molar-refractivity contribution in [3.63, 3.8) is 0 Å². The highest BCUT2D eigenvalue weighted by Gasteiger charge is 2.09. The molecule has 0 radical (unpaired) electrons. The lowest BCUT2D eigenvalue weighted by Crippen LogP contribution is -1.99. The van der Waals surface area contributed by atoms with Crippen LogP contribution < -0.4 is 0 Å². The van der Waals surface area contributed by atoms with Gasteiger partial charge in [-0.2, -0.15) is 0 Å². The Bertz CT molecular complexity index is 339. The van der Waals surface area contributed by atoms with Crippen molar-refractivity contribution in [3.05, 3.63) is 32.4 Å². The van der Waals surface area contributed by atoms with Crippen molar-refractivity contribution in [2.45, 2.75) is 39.2 Å². The Morgan fingerprint density at radius 1 is 1.31 bits per heavy atom. The van der Waals surface area contributed by atoms with E-state index in [1.54, 1.807) is 0 Å². The summed E-state index contributed by atoms with van der Waals surface area (Å²) in [5.41, 5.74) is 0.925. The quantitative estimate of drug-likeness (QED) is 0.754. The van der Waals surface area contributed by atoms with Gasteiger partial charge in [-0.15, -0.1) is 0 Å². The average Bonchev–Trinajstić information content (AvgIpc) is 2.21. The second-order valence-electron chi connectivity index (χ2n) is 4.51. The lowest BCUT2D eigenvalue weighted by Gasteiger charge is -2.12. The molecule has 0 aliphatic carbocycles. The van der Waals surface area contributed by atoms with Crippen molar-refractivity contribution in [3.8, 4) is 0 Å². The number of hydrogen-bond acceptors (Lipinski definition) is 1. The zero-order valence-corrected chi connectivity index (χ0v) is 12.6. The van der Waals surface area contributed by atoms with E-state index in [4.69, 9.17) is 11.6 Å². The molecule has 1 atom stereocenters. The molecule has 0 amide bonds. The van der Waals surface area contributed by atoms with E-state index in [9.17, 15) is 5.11 Å². The monoisotopic (exact) mass is 352 g/mol. The first-order valence-electron chi connectivity index (χ1n) is 5.63. The summed E-state index contributed by atoms with van der Waals surface area (Å²) in [4.78, 5) is 0. The average molecular weight is 353 g/mol. The number of rotatable bonds is 5. The molecule has 1 nitrogen and oxygen atoms in total. The number of hydrogen-bond donors (Lipinski definition) is 1. The molecule has 0 aliphatic rings. The Morgan fingerprint density at radius 2 is 2.00 bits per heavy atom. The summed E-state index contributed by atoms with van der Waals surface area (Å²) in [6, 6.07) is 5.76. The summed E-state index contributed by atoms with van der Waals surface area (Å²) in [5, 5.41) is 10.7. The Balaban J connectivity index is 2.52. The van der Waals surface area contributed by atoms with Gasteiger partial charge in [0.1, 0.15) is 0 Å². The van der Waals surface area contributed by atoms with Gasteiger partial charge < -0.3 is 5.11 Å². The van der Waals surface area contributed by atoms with Gasteiger partial charge in [0, 0.05) is 3.57 Å². The molecule has 0 saturated carbocycles. The molecular weight excluding hydrogens is 334 g/mol. The maximum atomic E-state index is 9.99. The van der Waals surface area contributed by atoms with Gasteiger partial charge in [0.15, 0.2) is 0 Å². The van der Waals surface area contributed by atoms with E-state index >= 15 is 0 Å². The minimum atomic E-state index is -0.381. The van der Waals surface area contributed by atoms with Crippen LogP contribution in [0.4, 0.5) is 0 Å². The second kappa shape index (κ2) is 6.82. The van der Waals surface area contributed by atoms with E-state index < -0.39 is 0 Å². The first kappa shape index (κ1) is 14.3.